The SMILES string of the molecule is CNCc1cc(C(F)(F)CF)cc(NC(=O)c2ccc(C)c(N(N)/C=C(\N)C3=CC(C)N(C)N=C3)c2)c1OC. The van der Waals surface area contributed by atoms with Gasteiger partial charge >= 0.3 is 5.92 Å². The maximum atomic E-state index is 14.2. The number of benzene rings is 2. The maximum absolute atomic E-state index is 14.2. The molecule has 1 unspecified atom stereocenters. The number of nitrogens with one attached hydrogen (secondary N) is 2. The lowest BCUT2D eigenvalue weighted by Gasteiger charge is -2.24. The number of hydrogen-bond acceptors (Lipinski definition) is 8. The Labute approximate surface area is 225 Å². The molecule has 0 bridgehead atoms. The fourth-order valence-corrected chi connectivity index (χ4v) is 3.99. The van der Waals surface area contributed by atoms with Gasteiger partial charge in [0.15, 0.2) is 6.67 Å². The highest BCUT2D eigenvalue weighted by Gasteiger charge is 2.33. The lowest BCUT2D eigenvalue weighted by atomic mass is 10.0. The van der Waals surface area contributed by atoms with E-state index in [1.165, 1.54) is 18.3 Å². The van der Waals surface area contributed by atoms with Crippen molar-refractivity contribution in [3.8, 4) is 5.75 Å². The van der Waals surface area contributed by atoms with Crippen LogP contribution in [0.25, 0.3) is 0 Å². The lowest BCUT2D eigenvalue weighted by Crippen LogP contribution is -2.30. The molecular weight excluding hydrogens is 511 g/mol. The number of alkyl halides is 3. The lowest BCUT2D eigenvalue weighted by molar-refractivity contribution is -0.0281. The van der Waals surface area contributed by atoms with E-state index in [2.05, 4.69) is 15.7 Å². The van der Waals surface area contributed by atoms with Crippen molar-refractivity contribution in [2.75, 3.05) is 38.2 Å². The summed E-state index contributed by atoms with van der Waals surface area (Å²) in [6.45, 7) is 2.06. The highest BCUT2D eigenvalue weighted by atomic mass is 19.3. The van der Waals surface area contributed by atoms with Gasteiger partial charge in [0.2, 0.25) is 0 Å². The summed E-state index contributed by atoms with van der Waals surface area (Å²) in [5.74, 6) is 2.13. The van der Waals surface area contributed by atoms with Crippen LogP contribution in [0.5, 0.6) is 5.75 Å². The van der Waals surface area contributed by atoms with Crippen LogP contribution in [0.3, 0.4) is 0 Å². The van der Waals surface area contributed by atoms with E-state index in [4.69, 9.17) is 16.3 Å². The van der Waals surface area contributed by atoms with E-state index in [9.17, 15) is 18.0 Å². The first-order valence-electron chi connectivity index (χ1n) is 12.1. The molecule has 39 heavy (non-hydrogen) atoms. The molecule has 1 aliphatic rings. The summed E-state index contributed by atoms with van der Waals surface area (Å²) in [6, 6.07) is 7.04. The number of halogens is 3. The van der Waals surface area contributed by atoms with Crippen LogP contribution in [0.15, 0.2) is 59.0 Å². The molecule has 1 heterocycles. The Balaban J connectivity index is 1.93. The Morgan fingerprint density at radius 3 is 2.64 bits per heavy atom. The molecule has 1 aliphatic heterocycles. The van der Waals surface area contributed by atoms with Crippen LogP contribution < -0.4 is 32.0 Å². The third-order valence-electron chi connectivity index (χ3n) is 6.33. The molecule has 0 spiro atoms. The van der Waals surface area contributed by atoms with Crippen molar-refractivity contribution < 1.29 is 22.7 Å². The molecule has 0 aromatic heterocycles. The summed E-state index contributed by atoms with van der Waals surface area (Å²) >= 11 is 0. The number of allylic oxidation sites excluding steroid dienone is 1. The number of likely N-dealkylation sites (N-methyl/N-ethyl adjacent to an activating group) is 1. The van der Waals surface area contributed by atoms with E-state index in [0.29, 0.717) is 22.5 Å². The van der Waals surface area contributed by atoms with Gasteiger partial charge in [0.05, 0.1) is 36.4 Å². The fraction of sp³-hybridized carbons (Fsp3) is 0.333. The zero-order valence-corrected chi connectivity index (χ0v) is 22.6. The number of anilines is 2. The van der Waals surface area contributed by atoms with E-state index < -0.39 is 24.1 Å². The molecule has 210 valence electrons. The predicted molar refractivity (Wildman–Crippen MR) is 147 cm³/mol. The number of amides is 1. The first kappa shape index (κ1) is 29.5. The smallest absolute Gasteiger partial charge is 0.301 e. The van der Waals surface area contributed by atoms with Gasteiger partial charge in [0, 0.05) is 42.1 Å². The van der Waals surface area contributed by atoms with Crippen LogP contribution in [0.4, 0.5) is 24.5 Å². The number of rotatable bonds is 10. The quantitative estimate of drug-likeness (QED) is 0.265. The number of carbonyl (C=O) groups excluding carboxylic acids is 1. The first-order valence-corrected chi connectivity index (χ1v) is 12.1. The van der Waals surface area contributed by atoms with Crippen molar-refractivity contribution in [3.05, 3.63) is 76.1 Å². The second-order valence-electron chi connectivity index (χ2n) is 9.21. The number of hydrazone groups is 1. The largest absolute Gasteiger partial charge is 0.494 e. The van der Waals surface area contributed by atoms with Crippen molar-refractivity contribution in [2.45, 2.75) is 32.4 Å². The summed E-state index contributed by atoms with van der Waals surface area (Å²) in [6.07, 6.45) is 5.10. The minimum Gasteiger partial charge on any atom is -0.494 e. The zero-order valence-electron chi connectivity index (χ0n) is 22.6. The van der Waals surface area contributed by atoms with Crippen molar-refractivity contribution in [1.82, 2.24) is 10.3 Å². The Morgan fingerprint density at radius 1 is 1.31 bits per heavy atom. The Morgan fingerprint density at radius 2 is 2.03 bits per heavy atom. The average molecular weight is 546 g/mol. The minimum atomic E-state index is -3.73. The molecular formula is C27H34F3N7O2. The Hall–Kier alpha value is -4.03. The second-order valence-corrected chi connectivity index (χ2v) is 9.21. The topological polar surface area (TPSA) is 121 Å². The average Bonchev–Trinajstić information content (AvgIpc) is 2.90. The minimum absolute atomic E-state index is 0.0168. The first-order chi connectivity index (χ1) is 18.4. The molecule has 0 saturated carbocycles. The number of nitrogens with zero attached hydrogens (tertiary/aromatic N) is 3. The number of hydrazine groups is 1. The molecule has 0 fully saturated rings. The zero-order chi connectivity index (χ0) is 28.9. The van der Waals surface area contributed by atoms with Crippen LogP contribution in [0.2, 0.25) is 0 Å². The van der Waals surface area contributed by atoms with Gasteiger partial charge < -0.3 is 21.1 Å². The highest BCUT2D eigenvalue weighted by Crippen LogP contribution is 2.38. The third-order valence-corrected chi connectivity index (χ3v) is 6.33. The predicted octanol–water partition coefficient (Wildman–Crippen LogP) is 3.76. The molecule has 6 N–H and O–H groups in total. The van der Waals surface area contributed by atoms with Crippen LogP contribution in [-0.2, 0) is 12.5 Å². The molecule has 3 rings (SSSR count). The van der Waals surface area contributed by atoms with Gasteiger partial charge in [-0.15, -0.1) is 0 Å². The van der Waals surface area contributed by atoms with Gasteiger partial charge in [-0.3, -0.25) is 14.8 Å². The summed E-state index contributed by atoms with van der Waals surface area (Å²) in [5.41, 5.74) is 8.52. The fourth-order valence-electron chi connectivity index (χ4n) is 3.99. The molecule has 2 aromatic carbocycles. The number of methoxy groups -OCH3 is 1. The molecule has 0 saturated heterocycles. The van der Waals surface area contributed by atoms with Crippen LogP contribution in [0, 0.1) is 6.92 Å². The van der Waals surface area contributed by atoms with E-state index in [1.807, 2.05) is 27.0 Å². The van der Waals surface area contributed by atoms with Gasteiger partial charge in [-0.2, -0.15) is 13.9 Å². The molecule has 0 aliphatic carbocycles. The molecule has 12 heteroatoms. The normalized spacial score (nSPS) is 15.7. The summed E-state index contributed by atoms with van der Waals surface area (Å²) in [4.78, 5) is 13.2. The van der Waals surface area contributed by atoms with Crippen molar-refractivity contribution >= 4 is 23.5 Å². The second kappa shape index (κ2) is 12.2. The molecule has 1 amide bonds. The van der Waals surface area contributed by atoms with Crippen LogP contribution >= 0.6 is 0 Å². The van der Waals surface area contributed by atoms with Gasteiger partial charge in [-0.25, -0.2) is 10.2 Å². The van der Waals surface area contributed by atoms with Gasteiger partial charge in [-0.1, -0.05) is 6.07 Å². The molecule has 1 atom stereocenters. The number of ether oxygens (including phenoxy) is 1. The van der Waals surface area contributed by atoms with E-state index in [-0.39, 0.29) is 29.6 Å². The summed E-state index contributed by atoms with van der Waals surface area (Å²) in [5, 5.41) is 12.8. The maximum Gasteiger partial charge on any atom is 0.301 e. The van der Waals surface area contributed by atoms with Gasteiger partial charge in [0.1, 0.15) is 5.75 Å². The van der Waals surface area contributed by atoms with Crippen molar-refractivity contribution in [3.63, 3.8) is 0 Å². The number of hydrogen-bond donors (Lipinski definition) is 4. The van der Waals surface area contributed by atoms with Crippen molar-refractivity contribution in [1.29, 1.82) is 0 Å². The van der Waals surface area contributed by atoms with Gasteiger partial charge in [-0.05, 0) is 56.8 Å². The Kier molecular flexibility index (Phi) is 9.25. The Bertz CT molecular complexity index is 1310. The number of aryl methyl sites for hydroxylation is 1. The van der Waals surface area contributed by atoms with Crippen LogP contribution in [-0.4, -0.2) is 51.1 Å². The summed E-state index contributed by atoms with van der Waals surface area (Å²) in [7, 11) is 4.83. The molecule has 0 radical (unpaired) electrons. The van der Waals surface area contributed by atoms with E-state index in [0.717, 1.165) is 17.7 Å². The summed E-state index contributed by atoms with van der Waals surface area (Å²) < 4.78 is 47.0. The third kappa shape index (κ3) is 6.70. The number of carbonyl (C=O) groups is 1. The highest BCUT2D eigenvalue weighted by molar-refractivity contribution is 6.06. The van der Waals surface area contributed by atoms with Gasteiger partial charge in [0.25, 0.3) is 5.91 Å². The standard InChI is InChI=1S/C27H34F3N7O2/c1-16-6-7-18(10-24(16)37(32)14-22(31)19-8-17(2)36(4)34-13-19)26(38)35-23-11-21(27(29,30)15-28)9-20(12-33-3)25(23)39-5/h6-11,13-14,17,33H,12,15,31-32H2,1-5H3,(H,35,38)/b22-14-. The monoisotopic (exact) mass is 545 g/mol. The van der Waals surface area contributed by atoms with Crippen molar-refractivity contribution in [2.24, 2.45) is 16.7 Å². The van der Waals surface area contributed by atoms with Crippen LogP contribution in [0.1, 0.15) is 34.0 Å². The molecule has 2 aromatic rings. The van der Waals surface area contributed by atoms with E-state index in [1.54, 1.807) is 36.5 Å². The molecule has 9 nitrogen and oxygen atoms in total. The van der Waals surface area contributed by atoms with E-state index >= 15 is 0 Å². The number of nitrogens with two attached hydrogens (primary N) is 2.